The van der Waals surface area contributed by atoms with E-state index in [9.17, 15) is 14.4 Å². The Balaban J connectivity index is 1.94. The summed E-state index contributed by atoms with van der Waals surface area (Å²) in [5.74, 6) is -1.08. The van der Waals surface area contributed by atoms with Gasteiger partial charge in [0.15, 0.2) is 0 Å². The highest BCUT2D eigenvalue weighted by Gasteiger charge is 2.25. The normalized spacial score (nSPS) is 17.6. The van der Waals surface area contributed by atoms with Crippen LogP contribution in [0.25, 0.3) is 0 Å². The van der Waals surface area contributed by atoms with Gasteiger partial charge in [-0.05, 0) is 30.5 Å². The van der Waals surface area contributed by atoms with Crippen LogP contribution >= 0.6 is 0 Å². The number of amides is 2. The highest BCUT2D eigenvalue weighted by atomic mass is 16.4. The summed E-state index contributed by atoms with van der Waals surface area (Å²) in [6.45, 7) is 4.90. The van der Waals surface area contributed by atoms with Gasteiger partial charge >= 0.3 is 5.97 Å². The maximum Gasteiger partial charge on any atom is 0.335 e. The second-order valence-corrected chi connectivity index (χ2v) is 6.48. The average molecular weight is 332 g/mol. The Kier molecular flexibility index (Phi) is 5.95. The fourth-order valence-corrected chi connectivity index (χ4v) is 2.85. The molecule has 0 unspecified atom stereocenters. The smallest absolute Gasteiger partial charge is 0.335 e. The third-order valence-electron chi connectivity index (χ3n) is 4.34. The van der Waals surface area contributed by atoms with Crippen molar-refractivity contribution < 1.29 is 19.5 Å². The lowest BCUT2D eigenvalue weighted by atomic mass is 9.90. The van der Waals surface area contributed by atoms with Gasteiger partial charge in [-0.25, -0.2) is 4.79 Å². The number of nitrogens with zero attached hydrogens (tertiary/aromatic N) is 1. The molecule has 0 saturated carbocycles. The summed E-state index contributed by atoms with van der Waals surface area (Å²) in [4.78, 5) is 36.5. The van der Waals surface area contributed by atoms with Gasteiger partial charge in [0.1, 0.15) is 0 Å². The minimum Gasteiger partial charge on any atom is -0.478 e. The van der Waals surface area contributed by atoms with Crippen LogP contribution < -0.4 is 5.32 Å². The summed E-state index contributed by atoms with van der Waals surface area (Å²) in [5, 5.41) is 11.6. The number of carboxylic acids is 1. The monoisotopic (exact) mass is 332 g/mol. The van der Waals surface area contributed by atoms with E-state index in [1.165, 1.54) is 0 Å². The van der Waals surface area contributed by atoms with Gasteiger partial charge in [0.05, 0.1) is 12.1 Å². The van der Waals surface area contributed by atoms with Crippen LogP contribution in [-0.2, 0) is 9.59 Å². The average Bonchev–Trinajstić information content (AvgIpc) is 2.59. The van der Waals surface area contributed by atoms with Crippen LogP contribution in [0.15, 0.2) is 24.3 Å². The molecule has 6 nitrogen and oxygen atoms in total. The molecule has 0 aromatic heterocycles. The first-order valence-corrected chi connectivity index (χ1v) is 8.27. The number of rotatable bonds is 5. The molecule has 2 N–H and O–H groups in total. The summed E-state index contributed by atoms with van der Waals surface area (Å²) >= 11 is 0. The molecule has 1 heterocycles. The summed E-state index contributed by atoms with van der Waals surface area (Å²) in [7, 11) is 0. The Morgan fingerprint density at radius 2 is 1.92 bits per heavy atom. The van der Waals surface area contributed by atoms with E-state index >= 15 is 0 Å². The van der Waals surface area contributed by atoms with E-state index < -0.39 is 5.97 Å². The molecular weight excluding hydrogens is 308 g/mol. The first-order valence-electron chi connectivity index (χ1n) is 8.27. The first kappa shape index (κ1) is 18.0. The molecule has 2 amide bonds. The van der Waals surface area contributed by atoms with E-state index in [1.54, 1.807) is 30.9 Å². The maximum absolute atomic E-state index is 12.3. The number of benzene rings is 1. The van der Waals surface area contributed by atoms with E-state index in [2.05, 4.69) is 5.32 Å². The van der Waals surface area contributed by atoms with Crippen LogP contribution in [0.1, 0.15) is 48.5 Å². The lowest BCUT2D eigenvalue weighted by molar-refractivity contribution is -0.134. The quantitative estimate of drug-likeness (QED) is 0.862. The zero-order chi connectivity index (χ0) is 17.7. The molecule has 0 spiro atoms. The van der Waals surface area contributed by atoms with E-state index in [0.29, 0.717) is 13.1 Å². The lowest BCUT2D eigenvalue weighted by Gasteiger charge is -2.33. The third kappa shape index (κ3) is 4.57. The SMILES string of the molecule is CC(C)C(=O)NCC(=O)N1CCC[C@@H](c2ccc(C(=O)O)cc2)C1. The second kappa shape index (κ2) is 7.95. The van der Waals surface area contributed by atoms with Crippen LogP contribution in [0.5, 0.6) is 0 Å². The molecule has 0 aliphatic carbocycles. The number of carboxylic acid groups (broad SMARTS) is 1. The van der Waals surface area contributed by atoms with Crippen molar-refractivity contribution in [1.29, 1.82) is 0 Å². The van der Waals surface area contributed by atoms with E-state index in [1.807, 2.05) is 12.1 Å². The Morgan fingerprint density at radius 3 is 2.50 bits per heavy atom. The van der Waals surface area contributed by atoms with Crippen molar-refractivity contribution in [2.45, 2.75) is 32.6 Å². The van der Waals surface area contributed by atoms with Gasteiger partial charge in [0.25, 0.3) is 0 Å². The number of likely N-dealkylation sites (tertiary alicyclic amines) is 1. The minimum atomic E-state index is -0.942. The number of hydrogen-bond donors (Lipinski definition) is 2. The van der Waals surface area contributed by atoms with Crippen molar-refractivity contribution in [2.24, 2.45) is 5.92 Å². The molecule has 1 aliphatic heterocycles. The van der Waals surface area contributed by atoms with Crippen molar-refractivity contribution in [3.05, 3.63) is 35.4 Å². The fourth-order valence-electron chi connectivity index (χ4n) is 2.85. The van der Waals surface area contributed by atoms with Gasteiger partial charge in [-0.1, -0.05) is 26.0 Å². The molecule has 1 aliphatic rings. The molecule has 0 radical (unpaired) electrons. The van der Waals surface area contributed by atoms with Crippen molar-refractivity contribution in [1.82, 2.24) is 10.2 Å². The van der Waals surface area contributed by atoms with Gasteiger partial charge in [0, 0.05) is 24.9 Å². The predicted octanol–water partition coefficient (Wildman–Crippen LogP) is 1.86. The number of carbonyl (C=O) groups is 3. The molecule has 1 atom stereocenters. The molecule has 1 aromatic rings. The van der Waals surface area contributed by atoms with Crippen LogP contribution in [0, 0.1) is 5.92 Å². The van der Waals surface area contributed by atoms with E-state index in [0.717, 1.165) is 18.4 Å². The minimum absolute atomic E-state index is 0.0294. The van der Waals surface area contributed by atoms with Gasteiger partial charge in [0.2, 0.25) is 11.8 Å². The maximum atomic E-state index is 12.3. The molecule has 2 rings (SSSR count). The van der Waals surface area contributed by atoms with Crippen molar-refractivity contribution in [3.63, 3.8) is 0 Å². The summed E-state index contributed by atoms with van der Waals surface area (Å²) < 4.78 is 0. The van der Waals surface area contributed by atoms with E-state index in [-0.39, 0.29) is 35.8 Å². The topological polar surface area (TPSA) is 86.7 Å². The fraction of sp³-hybridized carbons (Fsp3) is 0.500. The molecule has 1 fully saturated rings. The Labute approximate surface area is 141 Å². The van der Waals surface area contributed by atoms with Gasteiger partial charge in [-0.2, -0.15) is 0 Å². The number of piperidine rings is 1. The number of carbonyl (C=O) groups excluding carboxylic acids is 2. The number of nitrogens with one attached hydrogen (secondary N) is 1. The Hall–Kier alpha value is -2.37. The summed E-state index contributed by atoms with van der Waals surface area (Å²) in [5.41, 5.74) is 1.31. The molecule has 6 heteroatoms. The van der Waals surface area contributed by atoms with Crippen LogP contribution in [-0.4, -0.2) is 47.4 Å². The molecule has 24 heavy (non-hydrogen) atoms. The van der Waals surface area contributed by atoms with Gasteiger partial charge in [-0.15, -0.1) is 0 Å². The molecule has 1 saturated heterocycles. The summed E-state index contributed by atoms with van der Waals surface area (Å²) in [6, 6.07) is 6.84. The predicted molar refractivity (Wildman–Crippen MR) is 89.8 cm³/mol. The largest absolute Gasteiger partial charge is 0.478 e. The standard InChI is InChI=1S/C18H24N2O4/c1-12(2)17(22)19-10-16(21)20-9-3-4-15(11-20)13-5-7-14(8-6-13)18(23)24/h5-8,12,15H,3-4,9-11H2,1-2H3,(H,19,22)(H,23,24)/t15-/m1/s1. The van der Waals surface area contributed by atoms with Crippen molar-refractivity contribution in [3.8, 4) is 0 Å². The zero-order valence-corrected chi connectivity index (χ0v) is 14.1. The van der Waals surface area contributed by atoms with Crippen LogP contribution in [0.2, 0.25) is 0 Å². The highest BCUT2D eigenvalue weighted by molar-refractivity contribution is 5.87. The van der Waals surface area contributed by atoms with Crippen molar-refractivity contribution in [2.75, 3.05) is 19.6 Å². The van der Waals surface area contributed by atoms with Gasteiger partial charge in [-0.3, -0.25) is 9.59 Å². The molecular formula is C18H24N2O4. The first-order chi connectivity index (χ1) is 11.4. The third-order valence-corrected chi connectivity index (χ3v) is 4.34. The molecule has 130 valence electrons. The zero-order valence-electron chi connectivity index (χ0n) is 14.1. The molecule has 1 aromatic carbocycles. The molecule has 0 bridgehead atoms. The Morgan fingerprint density at radius 1 is 1.25 bits per heavy atom. The second-order valence-electron chi connectivity index (χ2n) is 6.48. The lowest BCUT2D eigenvalue weighted by Crippen LogP contribution is -2.45. The van der Waals surface area contributed by atoms with Crippen LogP contribution in [0.4, 0.5) is 0 Å². The number of hydrogen-bond acceptors (Lipinski definition) is 3. The van der Waals surface area contributed by atoms with Crippen molar-refractivity contribution >= 4 is 17.8 Å². The highest BCUT2D eigenvalue weighted by Crippen LogP contribution is 2.27. The van der Waals surface area contributed by atoms with Gasteiger partial charge < -0.3 is 15.3 Å². The van der Waals surface area contributed by atoms with Crippen LogP contribution in [0.3, 0.4) is 0 Å². The Bertz CT molecular complexity index is 610. The van der Waals surface area contributed by atoms with E-state index in [4.69, 9.17) is 5.11 Å². The summed E-state index contributed by atoms with van der Waals surface area (Å²) in [6.07, 6.45) is 1.86. The number of aromatic carboxylic acids is 1.